The molecule has 1 aromatic heterocycles. The van der Waals surface area contributed by atoms with Gasteiger partial charge in [0.2, 0.25) is 5.89 Å². The van der Waals surface area contributed by atoms with Crippen LogP contribution in [0.5, 0.6) is 11.5 Å². The Kier molecular flexibility index (Phi) is 5.07. The van der Waals surface area contributed by atoms with E-state index in [9.17, 15) is 4.79 Å². The Morgan fingerprint density at radius 2 is 2.04 bits per heavy atom. The Morgan fingerprint density at radius 3 is 2.72 bits per heavy atom. The van der Waals surface area contributed by atoms with E-state index in [-0.39, 0.29) is 18.6 Å². The summed E-state index contributed by atoms with van der Waals surface area (Å²) in [5, 5.41) is 0. The molecule has 0 radical (unpaired) electrons. The van der Waals surface area contributed by atoms with Crippen LogP contribution in [0.4, 0.5) is 0 Å². The van der Waals surface area contributed by atoms with Gasteiger partial charge in [-0.3, -0.25) is 4.79 Å². The predicted molar refractivity (Wildman–Crippen MR) is 92.6 cm³/mol. The lowest BCUT2D eigenvalue weighted by Gasteiger charge is -2.26. The van der Waals surface area contributed by atoms with Gasteiger partial charge in [-0.15, -0.1) is 0 Å². The van der Waals surface area contributed by atoms with E-state index in [0.717, 1.165) is 5.75 Å². The number of hydrogen-bond donors (Lipinski definition) is 0. The number of hydrogen-bond acceptors (Lipinski definition) is 5. The molecule has 1 aliphatic heterocycles. The van der Waals surface area contributed by atoms with Crippen molar-refractivity contribution in [2.24, 2.45) is 5.92 Å². The lowest BCUT2D eigenvalue weighted by atomic mass is 10.0. The summed E-state index contributed by atoms with van der Waals surface area (Å²) in [6.07, 6.45) is 5.47. The smallest absolute Gasteiger partial charge is 0.276 e. The SMILES string of the molecule is COc1ccc(OCc2nc(C(=O)N3CC=C[C@@H]3C(C)C)co2)cc1. The number of amides is 1. The van der Waals surface area contributed by atoms with Crippen molar-refractivity contribution in [2.75, 3.05) is 13.7 Å². The van der Waals surface area contributed by atoms with Crippen molar-refractivity contribution in [3.63, 3.8) is 0 Å². The first-order chi connectivity index (χ1) is 12.1. The van der Waals surface area contributed by atoms with Gasteiger partial charge in [0.25, 0.3) is 5.91 Å². The number of carbonyl (C=O) groups is 1. The van der Waals surface area contributed by atoms with E-state index in [1.165, 1.54) is 6.26 Å². The Balaban J connectivity index is 1.61. The summed E-state index contributed by atoms with van der Waals surface area (Å²) in [5.74, 6) is 2.04. The van der Waals surface area contributed by atoms with Crippen LogP contribution in [-0.4, -0.2) is 35.5 Å². The van der Waals surface area contributed by atoms with Crippen LogP contribution < -0.4 is 9.47 Å². The molecule has 0 unspecified atom stereocenters. The highest BCUT2D eigenvalue weighted by Crippen LogP contribution is 2.21. The molecule has 0 saturated carbocycles. The number of oxazole rings is 1. The highest BCUT2D eigenvalue weighted by molar-refractivity contribution is 5.92. The number of ether oxygens (including phenoxy) is 2. The van der Waals surface area contributed by atoms with Crippen LogP contribution in [0.25, 0.3) is 0 Å². The number of carbonyl (C=O) groups excluding carboxylic acids is 1. The van der Waals surface area contributed by atoms with Gasteiger partial charge in [0.15, 0.2) is 12.3 Å². The molecule has 0 bridgehead atoms. The molecule has 0 aliphatic carbocycles. The van der Waals surface area contributed by atoms with Crippen LogP contribution in [0.2, 0.25) is 0 Å². The standard InChI is InChI=1S/C19H22N2O4/c1-13(2)17-5-4-10-21(17)19(22)16-11-25-18(20-16)12-24-15-8-6-14(23-3)7-9-15/h4-9,11,13,17H,10,12H2,1-3H3/t17-/m1/s1. The monoisotopic (exact) mass is 342 g/mol. The first kappa shape index (κ1) is 17.1. The molecule has 6 heteroatoms. The van der Waals surface area contributed by atoms with Crippen molar-refractivity contribution in [1.29, 1.82) is 0 Å². The van der Waals surface area contributed by atoms with Crippen LogP contribution in [0.3, 0.4) is 0 Å². The van der Waals surface area contributed by atoms with Gasteiger partial charge in [0.05, 0.1) is 13.2 Å². The zero-order chi connectivity index (χ0) is 17.8. The van der Waals surface area contributed by atoms with E-state index in [1.54, 1.807) is 24.1 Å². The minimum absolute atomic E-state index is 0.100. The van der Waals surface area contributed by atoms with E-state index >= 15 is 0 Å². The van der Waals surface area contributed by atoms with Gasteiger partial charge in [0, 0.05) is 6.54 Å². The molecule has 0 N–H and O–H groups in total. The largest absolute Gasteiger partial charge is 0.497 e. The van der Waals surface area contributed by atoms with Crippen molar-refractivity contribution < 1.29 is 18.7 Å². The molecule has 2 heterocycles. The summed E-state index contributed by atoms with van der Waals surface area (Å²) in [6, 6.07) is 7.33. The first-order valence-corrected chi connectivity index (χ1v) is 8.27. The summed E-state index contributed by atoms with van der Waals surface area (Å²) in [4.78, 5) is 18.7. The van der Waals surface area contributed by atoms with E-state index in [2.05, 4.69) is 24.9 Å². The molecule has 6 nitrogen and oxygen atoms in total. The topological polar surface area (TPSA) is 64.8 Å². The maximum absolute atomic E-state index is 12.6. The summed E-state index contributed by atoms with van der Waals surface area (Å²) in [5.41, 5.74) is 0.308. The van der Waals surface area contributed by atoms with E-state index in [0.29, 0.717) is 29.8 Å². The normalized spacial score (nSPS) is 16.5. The van der Waals surface area contributed by atoms with Gasteiger partial charge in [0.1, 0.15) is 17.8 Å². The van der Waals surface area contributed by atoms with Gasteiger partial charge < -0.3 is 18.8 Å². The zero-order valence-corrected chi connectivity index (χ0v) is 14.6. The molecule has 3 rings (SSSR count). The number of aromatic nitrogens is 1. The number of nitrogens with zero attached hydrogens (tertiary/aromatic N) is 2. The lowest BCUT2D eigenvalue weighted by molar-refractivity contribution is 0.0714. The van der Waals surface area contributed by atoms with Gasteiger partial charge in [-0.2, -0.15) is 0 Å². The van der Waals surface area contributed by atoms with Crippen LogP contribution in [0.1, 0.15) is 30.2 Å². The second-order valence-corrected chi connectivity index (χ2v) is 6.21. The molecule has 1 aromatic carbocycles. The highest BCUT2D eigenvalue weighted by atomic mass is 16.5. The first-order valence-electron chi connectivity index (χ1n) is 8.27. The maximum atomic E-state index is 12.6. The van der Waals surface area contributed by atoms with Crippen molar-refractivity contribution >= 4 is 5.91 Å². The number of rotatable bonds is 6. The predicted octanol–water partition coefficient (Wildman–Crippen LogP) is 3.30. The van der Waals surface area contributed by atoms with E-state index < -0.39 is 0 Å². The molecular formula is C19H22N2O4. The van der Waals surface area contributed by atoms with Crippen molar-refractivity contribution in [2.45, 2.75) is 26.5 Å². The Morgan fingerprint density at radius 1 is 1.32 bits per heavy atom. The van der Waals surface area contributed by atoms with Crippen LogP contribution in [0, 0.1) is 5.92 Å². The van der Waals surface area contributed by atoms with Crippen molar-refractivity contribution in [3.8, 4) is 11.5 Å². The number of benzene rings is 1. The average Bonchev–Trinajstić information content (AvgIpc) is 3.29. The van der Waals surface area contributed by atoms with Gasteiger partial charge >= 0.3 is 0 Å². The van der Waals surface area contributed by atoms with Gasteiger partial charge in [-0.05, 0) is 30.2 Å². The third kappa shape index (κ3) is 3.84. The Bertz CT molecular complexity index is 749. The van der Waals surface area contributed by atoms with Gasteiger partial charge in [-0.1, -0.05) is 26.0 Å². The van der Waals surface area contributed by atoms with Gasteiger partial charge in [-0.25, -0.2) is 4.98 Å². The fourth-order valence-electron chi connectivity index (χ4n) is 2.78. The molecular weight excluding hydrogens is 320 g/mol. The minimum atomic E-state index is -0.122. The molecule has 0 saturated heterocycles. The highest BCUT2D eigenvalue weighted by Gasteiger charge is 2.29. The number of methoxy groups -OCH3 is 1. The Labute approximate surface area is 147 Å². The Hall–Kier alpha value is -2.76. The molecule has 0 spiro atoms. The quantitative estimate of drug-likeness (QED) is 0.754. The van der Waals surface area contributed by atoms with E-state index in [4.69, 9.17) is 13.9 Å². The van der Waals surface area contributed by atoms with Crippen molar-refractivity contribution in [1.82, 2.24) is 9.88 Å². The second-order valence-electron chi connectivity index (χ2n) is 6.21. The average molecular weight is 342 g/mol. The molecule has 2 aromatic rings. The molecule has 132 valence electrons. The summed E-state index contributed by atoms with van der Waals surface area (Å²) >= 11 is 0. The van der Waals surface area contributed by atoms with Crippen LogP contribution >= 0.6 is 0 Å². The molecule has 0 fully saturated rings. The summed E-state index contributed by atoms with van der Waals surface area (Å²) < 4.78 is 16.1. The summed E-state index contributed by atoms with van der Waals surface area (Å²) in [7, 11) is 1.61. The fourth-order valence-corrected chi connectivity index (χ4v) is 2.78. The third-order valence-corrected chi connectivity index (χ3v) is 4.13. The fraction of sp³-hybridized carbons (Fsp3) is 0.368. The minimum Gasteiger partial charge on any atom is -0.497 e. The lowest BCUT2D eigenvalue weighted by Crippen LogP contribution is -2.39. The second kappa shape index (κ2) is 7.42. The van der Waals surface area contributed by atoms with E-state index in [1.807, 2.05) is 18.2 Å². The van der Waals surface area contributed by atoms with Crippen LogP contribution in [-0.2, 0) is 6.61 Å². The molecule has 1 aliphatic rings. The molecule has 1 atom stereocenters. The molecule has 1 amide bonds. The summed E-state index contributed by atoms with van der Waals surface area (Å²) in [6.45, 7) is 4.95. The maximum Gasteiger partial charge on any atom is 0.276 e. The van der Waals surface area contributed by atoms with Crippen LogP contribution in [0.15, 0.2) is 47.1 Å². The molecule has 25 heavy (non-hydrogen) atoms. The third-order valence-electron chi connectivity index (χ3n) is 4.13. The van der Waals surface area contributed by atoms with Crippen molar-refractivity contribution in [3.05, 3.63) is 54.3 Å². The zero-order valence-electron chi connectivity index (χ0n) is 14.6.